The summed E-state index contributed by atoms with van der Waals surface area (Å²) < 4.78 is 43.5. The van der Waals surface area contributed by atoms with Crippen LogP contribution in [0, 0.1) is 5.92 Å². The van der Waals surface area contributed by atoms with Crippen LogP contribution in [0.2, 0.25) is 0 Å². The van der Waals surface area contributed by atoms with Crippen LogP contribution in [0.1, 0.15) is 24.8 Å². The van der Waals surface area contributed by atoms with Crippen molar-refractivity contribution in [2.45, 2.75) is 38.0 Å². The summed E-state index contributed by atoms with van der Waals surface area (Å²) >= 11 is 0. The number of anilines is 3. The fraction of sp³-hybridized carbons (Fsp3) is 0.381. The van der Waals surface area contributed by atoms with Crippen LogP contribution in [-0.2, 0) is 16.1 Å². The van der Waals surface area contributed by atoms with E-state index in [1.807, 2.05) is 6.92 Å². The van der Waals surface area contributed by atoms with E-state index < -0.39 is 24.7 Å². The highest BCUT2D eigenvalue weighted by Crippen LogP contribution is 2.48. The minimum absolute atomic E-state index is 0.161. The van der Waals surface area contributed by atoms with Crippen LogP contribution in [0.15, 0.2) is 30.6 Å². The van der Waals surface area contributed by atoms with Gasteiger partial charge in [0.1, 0.15) is 18.7 Å². The first kappa shape index (κ1) is 21.9. The van der Waals surface area contributed by atoms with Crippen molar-refractivity contribution in [3.05, 3.63) is 36.2 Å². The molecule has 2 aliphatic rings. The lowest BCUT2D eigenvalue weighted by molar-refractivity contribution is -0.142. The van der Waals surface area contributed by atoms with Crippen molar-refractivity contribution in [3.8, 4) is 0 Å². The summed E-state index contributed by atoms with van der Waals surface area (Å²) in [5.74, 6) is -0.731. The number of nitrogens with two attached hydrogens (primary N) is 1. The van der Waals surface area contributed by atoms with Crippen molar-refractivity contribution < 1.29 is 27.5 Å². The number of carbonyl (C=O) groups excluding carboxylic acids is 2. The number of ether oxygens (including phenoxy) is 1. The van der Waals surface area contributed by atoms with Crippen molar-refractivity contribution in [1.29, 1.82) is 0 Å². The van der Waals surface area contributed by atoms with E-state index in [4.69, 9.17) is 10.5 Å². The molecule has 34 heavy (non-hydrogen) atoms. The zero-order valence-electron chi connectivity index (χ0n) is 17.9. The zero-order valence-corrected chi connectivity index (χ0v) is 17.9. The quantitative estimate of drug-likeness (QED) is 0.543. The van der Waals surface area contributed by atoms with E-state index in [9.17, 15) is 22.8 Å². The van der Waals surface area contributed by atoms with Crippen molar-refractivity contribution >= 4 is 40.1 Å². The number of benzene rings is 1. The van der Waals surface area contributed by atoms with Crippen LogP contribution in [0.25, 0.3) is 10.9 Å². The summed E-state index contributed by atoms with van der Waals surface area (Å²) in [5, 5.41) is 15.1. The summed E-state index contributed by atoms with van der Waals surface area (Å²) in [4.78, 5) is 26.2. The monoisotopic (exact) mass is 475 g/mol. The standard InChI is InChI=1S/C21H20F3N7O3/c1-10-8-34-20(33)31(10)13-2-11-3-17(28-29-18(11)16(25)4-13)27-19(32)15-5-14(15)12-6-26-30(7-12)9-21(22,23)24/h2-4,6-7,10,14-15H,5,8-9,25H2,1H3,(H,27,28,32)/t10-,14+,15-/m0/s1. The first-order valence-corrected chi connectivity index (χ1v) is 10.5. The van der Waals surface area contributed by atoms with Gasteiger partial charge in [-0.15, -0.1) is 10.2 Å². The lowest BCUT2D eigenvalue weighted by Crippen LogP contribution is -2.30. The smallest absolute Gasteiger partial charge is 0.414 e. The fourth-order valence-electron chi connectivity index (χ4n) is 4.16. The second-order valence-corrected chi connectivity index (χ2v) is 8.52. The largest absolute Gasteiger partial charge is 0.447 e. The number of cyclic esters (lactones) is 1. The molecule has 1 aliphatic heterocycles. The highest BCUT2D eigenvalue weighted by molar-refractivity contribution is 6.00. The number of amides is 2. The molecule has 2 amide bonds. The first-order valence-electron chi connectivity index (χ1n) is 10.5. The Kier molecular flexibility index (Phi) is 5.06. The van der Waals surface area contributed by atoms with Gasteiger partial charge in [0, 0.05) is 17.5 Å². The Morgan fingerprint density at radius 2 is 2.09 bits per heavy atom. The molecule has 0 unspecified atom stereocenters. The van der Waals surface area contributed by atoms with Gasteiger partial charge in [-0.25, -0.2) is 4.79 Å². The van der Waals surface area contributed by atoms with Gasteiger partial charge in [0.05, 0.1) is 23.6 Å². The van der Waals surface area contributed by atoms with E-state index in [0.29, 0.717) is 34.3 Å². The third-order valence-corrected chi connectivity index (χ3v) is 5.87. The van der Waals surface area contributed by atoms with Crippen molar-refractivity contribution in [2.24, 2.45) is 5.92 Å². The maximum absolute atomic E-state index is 12.7. The Hall–Kier alpha value is -3.90. The topological polar surface area (TPSA) is 128 Å². The number of fused-ring (bicyclic) bond motifs is 1. The third-order valence-electron chi connectivity index (χ3n) is 5.87. The van der Waals surface area contributed by atoms with E-state index in [2.05, 4.69) is 20.6 Å². The van der Waals surface area contributed by atoms with Crippen LogP contribution < -0.4 is 16.0 Å². The van der Waals surface area contributed by atoms with Gasteiger partial charge in [-0.05, 0) is 43.0 Å². The average molecular weight is 475 g/mol. The normalized spacial score (nSPS) is 22.2. The fourth-order valence-corrected chi connectivity index (χ4v) is 4.16. The Morgan fingerprint density at radius 3 is 2.79 bits per heavy atom. The van der Waals surface area contributed by atoms with E-state index in [0.717, 1.165) is 4.68 Å². The van der Waals surface area contributed by atoms with E-state index in [1.165, 1.54) is 17.3 Å². The Labute approximate surface area is 190 Å². The van der Waals surface area contributed by atoms with Crippen molar-refractivity contribution in [1.82, 2.24) is 20.0 Å². The van der Waals surface area contributed by atoms with E-state index >= 15 is 0 Å². The zero-order chi connectivity index (χ0) is 24.2. The van der Waals surface area contributed by atoms with Crippen molar-refractivity contribution in [3.63, 3.8) is 0 Å². The maximum Gasteiger partial charge on any atom is 0.414 e. The van der Waals surface area contributed by atoms with Gasteiger partial charge >= 0.3 is 12.3 Å². The number of rotatable bonds is 5. The number of nitrogens with one attached hydrogen (secondary N) is 1. The molecule has 178 valence electrons. The van der Waals surface area contributed by atoms with Gasteiger partial charge in [-0.3, -0.25) is 14.4 Å². The number of alkyl halides is 3. The van der Waals surface area contributed by atoms with Gasteiger partial charge in [-0.1, -0.05) is 0 Å². The number of halogens is 3. The van der Waals surface area contributed by atoms with Gasteiger partial charge in [0.15, 0.2) is 5.82 Å². The van der Waals surface area contributed by atoms with Gasteiger partial charge in [-0.2, -0.15) is 18.3 Å². The molecule has 1 aromatic carbocycles. The minimum atomic E-state index is -4.37. The maximum atomic E-state index is 12.7. The molecular formula is C21H20F3N7O3. The Morgan fingerprint density at radius 1 is 1.29 bits per heavy atom. The number of hydrogen-bond acceptors (Lipinski definition) is 7. The third kappa shape index (κ3) is 4.20. The number of hydrogen-bond donors (Lipinski definition) is 2. The summed E-state index contributed by atoms with van der Waals surface area (Å²) in [6.07, 6.45) is -1.67. The first-order chi connectivity index (χ1) is 16.1. The minimum Gasteiger partial charge on any atom is -0.447 e. The molecule has 10 nitrogen and oxygen atoms in total. The highest BCUT2D eigenvalue weighted by Gasteiger charge is 2.45. The van der Waals surface area contributed by atoms with Crippen LogP contribution >= 0.6 is 0 Å². The molecule has 1 aliphatic carbocycles. The molecule has 3 atom stereocenters. The van der Waals surface area contributed by atoms with Crippen molar-refractivity contribution in [2.75, 3.05) is 22.6 Å². The van der Waals surface area contributed by atoms with Crippen LogP contribution in [0.4, 0.5) is 35.2 Å². The molecule has 1 saturated heterocycles. The molecule has 5 rings (SSSR count). The lowest BCUT2D eigenvalue weighted by atomic mass is 10.1. The van der Waals surface area contributed by atoms with Crippen LogP contribution in [0.3, 0.4) is 0 Å². The highest BCUT2D eigenvalue weighted by atomic mass is 19.4. The Balaban J connectivity index is 1.30. The molecule has 3 aromatic rings. The number of nitrogens with zero attached hydrogens (tertiary/aromatic N) is 5. The molecule has 2 fully saturated rings. The molecule has 3 N–H and O–H groups in total. The summed E-state index contributed by atoms with van der Waals surface area (Å²) in [6.45, 7) is 0.938. The molecule has 2 aromatic heterocycles. The second kappa shape index (κ2) is 7.85. The molecule has 0 radical (unpaired) electrons. The van der Waals surface area contributed by atoms with Crippen LogP contribution in [-0.4, -0.2) is 50.8 Å². The predicted molar refractivity (Wildman–Crippen MR) is 115 cm³/mol. The van der Waals surface area contributed by atoms with Gasteiger partial charge in [0.2, 0.25) is 5.91 Å². The summed E-state index contributed by atoms with van der Waals surface area (Å²) in [7, 11) is 0. The summed E-state index contributed by atoms with van der Waals surface area (Å²) in [6, 6.07) is 4.77. The Bertz CT molecular complexity index is 1290. The number of aromatic nitrogens is 4. The molecular weight excluding hydrogens is 455 g/mol. The van der Waals surface area contributed by atoms with Gasteiger partial charge < -0.3 is 15.8 Å². The second-order valence-electron chi connectivity index (χ2n) is 8.52. The van der Waals surface area contributed by atoms with Gasteiger partial charge in [0.25, 0.3) is 0 Å². The number of carbonyl (C=O) groups is 2. The molecule has 13 heteroatoms. The molecule has 0 bridgehead atoms. The average Bonchev–Trinajstić information content (AvgIpc) is 3.31. The predicted octanol–water partition coefficient (Wildman–Crippen LogP) is 3.06. The molecule has 3 heterocycles. The SMILES string of the molecule is C[C@H]1COC(=O)N1c1cc(N)c2nnc(NC(=O)[C@H]3C[C@@H]3c3cnn(CC(F)(F)F)c3)cc2c1. The number of nitrogen functional groups attached to an aromatic ring is 1. The lowest BCUT2D eigenvalue weighted by Gasteiger charge is -2.19. The summed E-state index contributed by atoms with van der Waals surface area (Å²) in [5.41, 5.74) is 7.97. The molecule has 0 spiro atoms. The van der Waals surface area contributed by atoms with E-state index in [1.54, 1.807) is 18.2 Å². The van der Waals surface area contributed by atoms with E-state index in [-0.39, 0.29) is 30.3 Å². The molecule has 1 saturated carbocycles. The van der Waals surface area contributed by atoms with Crippen LogP contribution in [0.5, 0.6) is 0 Å².